The zero-order chi connectivity index (χ0) is 10.5. The van der Waals surface area contributed by atoms with Crippen molar-refractivity contribution in [2.75, 3.05) is 20.1 Å². The molecule has 0 aromatic rings. The molecule has 0 spiro atoms. The van der Waals surface area contributed by atoms with Gasteiger partial charge in [-0.3, -0.25) is 0 Å². The molecule has 80 valence electrons. The second-order valence-corrected chi connectivity index (χ2v) is 5.64. The van der Waals surface area contributed by atoms with E-state index < -0.39 is 9.24 Å². The molecule has 0 unspecified atom stereocenters. The summed E-state index contributed by atoms with van der Waals surface area (Å²) in [6.07, 6.45) is 0.765. The lowest BCUT2D eigenvalue weighted by atomic mass is 10.3. The number of hydrogen-bond acceptors (Lipinski definition) is 3. The van der Waals surface area contributed by atoms with Gasteiger partial charge in [-0.25, -0.2) is 4.72 Å². The van der Waals surface area contributed by atoms with Gasteiger partial charge >= 0.3 is 0 Å². The van der Waals surface area contributed by atoms with Crippen LogP contribution in [-0.2, 0) is 9.24 Å². The fraction of sp³-hybridized carbons (Fsp3) is 1.00. The molecule has 0 heterocycles. The molecule has 0 aliphatic rings. The summed E-state index contributed by atoms with van der Waals surface area (Å²) in [5, 5.41) is 0. The standard InChI is InChI=1S/C7H17ClN2O2S/c1-7(2)10(3)6-4-5-9-13(8,11)12/h7,9H,4-6H2,1-3H3. The van der Waals surface area contributed by atoms with Crippen LogP contribution in [0.25, 0.3) is 0 Å². The molecule has 0 saturated heterocycles. The van der Waals surface area contributed by atoms with Gasteiger partial charge in [0.2, 0.25) is 0 Å². The van der Waals surface area contributed by atoms with E-state index in [-0.39, 0.29) is 0 Å². The Kier molecular flexibility index (Phi) is 5.87. The van der Waals surface area contributed by atoms with Gasteiger partial charge in [0, 0.05) is 23.3 Å². The van der Waals surface area contributed by atoms with Gasteiger partial charge in [-0.05, 0) is 33.9 Å². The van der Waals surface area contributed by atoms with Crippen LogP contribution in [0.1, 0.15) is 20.3 Å². The fourth-order valence-corrected chi connectivity index (χ4v) is 1.40. The molecule has 13 heavy (non-hydrogen) atoms. The molecule has 0 aliphatic carbocycles. The average Bonchev–Trinajstić information content (AvgIpc) is 1.95. The summed E-state index contributed by atoms with van der Waals surface area (Å²) < 4.78 is 23.1. The van der Waals surface area contributed by atoms with E-state index in [2.05, 4.69) is 23.5 Å². The maximum absolute atomic E-state index is 10.5. The highest BCUT2D eigenvalue weighted by Gasteiger charge is 2.04. The molecule has 4 nitrogen and oxygen atoms in total. The Hall–Kier alpha value is 0.160. The second kappa shape index (κ2) is 5.80. The number of nitrogens with zero attached hydrogens (tertiary/aromatic N) is 1. The van der Waals surface area contributed by atoms with Crippen molar-refractivity contribution in [2.24, 2.45) is 0 Å². The molecule has 0 fully saturated rings. The van der Waals surface area contributed by atoms with Crippen molar-refractivity contribution in [3.05, 3.63) is 0 Å². The Morgan fingerprint density at radius 3 is 2.38 bits per heavy atom. The Morgan fingerprint density at radius 2 is 2.00 bits per heavy atom. The third kappa shape index (κ3) is 8.49. The van der Waals surface area contributed by atoms with Crippen molar-refractivity contribution in [1.82, 2.24) is 9.62 Å². The third-order valence-corrected chi connectivity index (χ3v) is 2.72. The highest BCUT2D eigenvalue weighted by atomic mass is 35.7. The van der Waals surface area contributed by atoms with E-state index in [4.69, 9.17) is 10.7 Å². The van der Waals surface area contributed by atoms with Gasteiger partial charge in [-0.2, -0.15) is 8.42 Å². The van der Waals surface area contributed by atoms with Crippen molar-refractivity contribution in [3.63, 3.8) is 0 Å². The van der Waals surface area contributed by atoms with Gasteiger partial charge < -0.3 is 4.90 Å². The van der Waals surface area contributed by atoms with E-state index in [1.165, 1.54) is 0 Å². The molecule has 0 aliphatic heterocycles. The summed E-state index contributed by atoms with van der Waals surface area (Å²) in [5.74, 6) is 0. The number of halogens is 1. The zero-order valence-corrected chi connectivity index (χ0v) is 9.82. The van der Waals surface area contributed by atoms with Crippen LogP contribution in [0.5, 0.6) is 0 Å². The number of nitrogens with one attached hydrogen (secondary N) is 1. The van der Waals surface area contributed by atoms with Crippen molar-refractivity contribution >= 4 is 19.9 Å². The lowest BCUT2D eigenvalue weighted by molar-refractivity contribution is 0.271. The highest BCUT2D eigenvalue weighted by molar-refractivity contribution is 8.12. The normalized spacial score (nSPS) is 12.8. The van der Waals surface area contributed by atoms with Crippen LogP contribution in [-0.4, -0.2) is 39.5 Å². The number of hydrogen-bond donors (Lipinski definition) is 1. The molecule has 0 saturated carbocycles. The summed E-state index contributed by atoms with van der Waals surface area (Å²) >= 11 is 0. The summed E-state index contributed by atoms with van der Waals surface area (Å²) in [6, 6.07) is 0.479. The Morgan fingerprint density at radius 1 is 1.46 bits per heavy atom. The third-order valence-electron chi connectivity index (χ3n) is 1.84. The van der Waals surface area contributed by atoms with Crippen molar-refractivity contribution in [3.8, 4) is 0 Å². The summed E-state index contributed by atoms with van der Waals surface area (Å²) in [6.45, 7) is 5.43. The van der Waals surface area contributed by atoms with Gasteiger partial charge in [0.25, 0.3) is 9.24 Å². The fourth-order valence-electron chi connectivity index (χ4n) is 0.781. The molecule has 0 bridgehead atoms. The lowest BCUT2D eigenvalue weighted by Gasteiger charge is -2.20. The summed E-state index contributed by atoms with van der Waals surface area (Å²) in [5.41, 5.74) is 0. The molecule has 0 aromatic carbocycles. The minimum atomic E-state index is -3.54. The van der Waals surface area contributed by atoms with Gasteiger partial charge in [-0.15, -0.1) is 0 Å². The van der Waals surface area contributed by atoms with E-state index in [1.807, 2.05) is 7.05 Å². The van der Waals surface area contributed by atoms with E-state index in [0.29, 0.717) is 12.6 Å². The smallest absolute Gasteiger partial charge is 0.297 e. The first-order chi connectivity index (χ1) is 5.83. The molecule has 1 N–H and O–H groups in total. The van der Waals surface area contributed by atoms with Crippen LogP contribution in [0.3, 0.4) is 0 Å². The zero-order valence-electron chi connectivity index (χ0n) is 8.25. The van der Waals surface area contributed by atoms with E-state index in [9.17, 15) is 8.42 Å². The molecular formula is C7H17ClN2O2S. The predicted octanol–water partition coefficient (Wildman–Crippen LogP) is 0.790. The van der Waals surface area contributed by atoms with E-state index in [0.717, 1.165) is 13.0 Å². The molecule has 0 amide bonds. The van der Waals surface area contributed by atoms with Gasteiger partial charge in [0.05, 0.1) is 0 Å². The minimum Gasteiger partial charge on any atom is -0.304 e. The first kappa shape index (κ1) is 13.2. The summed E-state index contributed by atoms with van der Waals surface area (Å²) in [7, 11) is 3.42. The van der Waals surface area contributed by atoms with E-state index >= 15 is 0 Å². The molecule has 0 aromatic heterocycles. The van der Waals surface area contributed by atoms with Crippen LogP contribution < -0.4 is 4.72 Å². The SMILES string of the molecule is CC(C)N(C)CCCNS(=O)(=O)Cl. The van der Waals surface area contributed by atoms with Crippen molar-refractivity contribution < 1.29 is 8.42 Å². The summed E-state index contributed by atoms with van der Waals surface area (Å²) in [4.78, 5) is 2.14. The van der Waals surface area contributed by atoms with Crippen molar-refractivity contribution in [2.45, 2.75) is 26.3 Å². The number of rotatable bonds is 6. The van der Waals surface area contributed by atoms with Crippen LogP contribution in [0.4, 0.5) is 0 Å². The highest BCUT2D eigenvalue weighted by Crippen LogP contribution is 1.95. The average molecular weight is 229 g/mol. The van der Waals surface area contributed by atoms with Crippen LogP contribution in [0, 0.1) is 0 Å². The first-order valence-corrected chi connectivity index (χ1v) is 6.53. The first-order valence-electron chi connectivity index (χ1n) is 4.22. The maximum atomic E-state index is 10.5. The van der Waals surface area contributed by atoms with E-state index in [1.54, 1.807) is 0 Å². The monoisotopic (exact) mass is 228 g/mol. The topological polar surface area (TPSA) is 49.4 Å². The van der Waals surface area contributed by atoms with Gasteiger partial charge in [0.15, 0.2) is 0 Å². The lowest BCUT2D eigenvalue weighted by Crippen LogP contribution is -2.30. The van der Waals surface area contributed by atoms with Gasteiger partial charge in [0.1, 0.15) is 0 Å². The second-order valence-electron chi connectivity index (χ2n) is 3.26. The van der Waals surface area contributed by atoms with Crippen LogP contribution in [0.2, 0.25) is 0 Å². The molecule has 0 rings (SSSR count). The molecule has 6 heteroatoms. The van der Waals surface area contributed by atoms with Crippen molar-refractivity contribution in [1.29, 1.82) is 0 Å². The Bertz CT molecular complexity index is 229. The Balaban J connectivity index is 3.47. The minimum absolute atomic E-state index is 0.392. The molecular weight excluding hydrogens is 212 g/mol. The largest absolute Gasteiger partial charge is 0.304 e. The molecule has 0 radical (unpaired) electrons. The molecule has 0 atom stereocenters. The van der Waals surface area contributed by atoms with Crippen LogP contribution >= 0.6 is 10.7 Å². The van der Waals surface area contributed by atoms with Gasteiger partial charge in [-0.1, -0.05) is 0 Å². The van der Waals surface area contributed by atoms with Crippen LogP contribution in [0.15, 0.2) is 0 Å². The quantitative estimate of drug-likeness (QED) is 0.540. The maximum Gasteiger partial charge on any atom is 0.297 e. The Labute approximate surface area is 84.8 Å². The predicted molar refractivity (Wildman–Crippen MR) is 55.2 cm³/mol.